The van der Waals surface area contributed by atoms with Crippen LogP contribution in [0.5, 0.6) is 0 Å². The number of fused-ring (bicyclic) bond motifs is 4. The Labute approximate surface area is 160 Å². The zero-order valence-electron chi connectivity index (χ0n) is 15.9. The largest absolute Gasteiger partial charge is 0.310 e. The molecule has 0 unspecified atom stereocenters. The molecule has 1 aliphatic rings. The van der Waals surface area contributed by atoms with E-state index in [4.69, 9.17) is 4.98 Å². The molecule has 0 amide bonds. The highest BCUT2D eigenvalue weighted by Gasteiger charge is 2.38. The van der Waals surface area contributed by atoms with Crippen LogP contribution >= 0.6 is 0 Å². The zero-order chi connectivity index (χ0) is 18.6. The van der Waals surface area contributed by atoms with E-state index in [1.165, 1.54) is 33.6 Å². The molecule has 1 aromatic heterocycles. The van der Waals surface area contributed by atoms with Crippen molar-refractivity contribution in [3.8, 4) is 0 Å². The summed E-state index contributed by atoms with van der Waals surface area (Å²) >= 11 is 0. The number of anilines is 3. The average molecular weight is 350 g/mol. The highest BCUT2D eigenvalue weighted by molar-refractivity contribution is 5.96. The molecule has 2 heteroatoms. The highest BCUT2D eigenvalue weighted by atomic mass is 15.2. The minimum Gasteiger partial charge on any atom is -0.310 e. The fourth-order valence-electron chi connectivity index (χ4n) is 4.45. The van der Waals surface area contributed by atoms with Gasteiger partial charge in [-0.05, 0) is 54.4 Å². The smallest absolute Gasteiger partial charge is 0.0709 e. The van der Waals surface area contributed by atoms with Gasteiger partial charge in [0.1, 0.15) is 0 Å². The molecule has 0 bridgehead atoms. The number of aromatic nitrogens is 1. The molecule has 0 radical (unpaired) electrons. The second-order valence-corrected chi connectivity index (χ2v) is 7.79. The molecule has 0 atom stereocenters. The Bertz CT molecular complexity index is 1160. The molecule has 0 saturated heterocycles. The van der Waals surface area contributed by atoms with Gasteiger partial charge in [-0.2, -0.15) is 0 Å². The summed E-state index contributed by atoms with van der Waals surface area (Å²) in [6, 6.07) is 28.1. The molecule has 3 aromatic carbocycles. The summed E-state index contributed by atoms with van der Waals surface area (Å²) in [5.41, 5.74) is 8.37. The number of hydrogen-bond acceptors (Lipinski definition) is 2. The van der Waals surface area contributed by atoms with Crippen molar-refractivity contribution in [2.45, 2.75) is 26.2 Å². The minimum absolute atomic E-state index is 0.104. The molecular formula is C25H22N2. The molecule has 0 N–H and O–H groups in total. The van der Waals surface area contributed by atoms with Crippen molar-refractivity contribution in [1.82, 2.24) is 4.98 Å². The van der Waals surface area contributed by atoms with Gasteiger partial charge in [-0.3, -0.25) is 4.98 Å². The summed E-state index contributed by atoms with van der Waals surface area (Å²) in [5.74, 6) is 0. The summed E-state index contributed by atoms with van der Waals surface area (Å²) < 4.78 is 0. The molecule has 2 nitrogen and oxygen atoms in total. The van der Waals surface area contributed by atoms with E-state index in [2.05, 4.69) is 105 Å². The molecule has 27 heavy (non-hydrogen) atoms. The monoisotopic (exact) mass is 350 g/mol. The Balaban J connectivity index is 1.91. The Hall–Kier alpha value is -3.13. The Kier molecular flexibility index (Phi) is 3.38. The third-order valence-corrected chi connectivity index (χ3v) is 5.69. The van der Waals surface area contributed by atoms with Gasteiger partial charge < -0.3 is 4.90 Å². The highest BCUT2D eigenvalue weighted by Crippen LogP contribution is 2.53. The average Bonchev–Trinajstić information content (AvgIpc) is 2.68. The van der Waals surface area contributed by atoms with Crippen LogP contribution in [-0.2, 0) is 5.41 Å². The van der Waals surface area contributed by atoms with Crippen LogP contribution < -0.4 is 4.90 Å². The third-order valence-electron chi connectivity index (χ3n) is 5.69. The molecule has 2 heterocycles. The van der Waals surface area contributed by atoms with Crippen molar-refractivity contribution in [2.24, 2.45) is 0 Å². The van der Waals surface area contributed by atoms with Gasteiger partial charge in [-0.1, -0.05) is 56.3 Å². The minimum atomic E-state index is -0.104. The van der Waals surface area contributed by atoms with Crippen molar-refractivity contribution in [1.29, 1.82) is 0 Å². The van der Waals surface area contributed by atoms with Gasteiger partial charge in [0.05, 0.1) is 16.9 Å². The Morgan fingerprint density at radius 2 is 1.48 bits per heavy atom. The van der Waals surface area contributed by atoms with Crippen molar-refractivity contribution in [2.75, 3.05) is 4.90 Å². The summed E-state index contributed by atoms with van der Waals surface area (Å²) in [4.78, 5) is 7.17. The van der Waals surface area contributed by atoms with Gasteiger partial charge >= 0.3 is 0 Å². The molecule has 5 rings (SSSR count). The van der Waals surface area contributed by atoms with E-state index in [1.54, 1.807) is 0 Å². The van der Waals surface area contributed by atoms with E-state index in [1.807, 2.05) is 0 Å². The lowest BCUT2D eigenvalue weighted by Crippen LogP contribution is -2.30. The van der Waals surface area contributed by atoms with Crippen molar-refractivity contribution >= 4 is 28.0 Å². The maximum absolute atomic E-state index is 4.78. The first-order valence-corrected chi connectivity index (χ1v) is 9.43. The third kappa shape index (κ3) is 2.30. The van der Waals surface area contributed by atoms with Crippen molar-refractivity contribution in [3.63, 3.8) is 0 Å². The number of pyridine rings is 1. The van der Waals surface area contributed by atoms with E-state index in [9.17, 15) is 0 Å². The molecule has 0 saturated carbocycles. The van der Waals surface area contributed by atoms with Crippen LogP contribution in [-0.4, -0.2) is 4.98 Å². The van der Waals surface area contributed by atoms with Crippen LogP contribution in [0.25, 0.3) is 10.9 Å². The lowest BCUT2D eigenvalue weighted by molar-refractivity contribution is 0.638. The van der Waals surface area contributed by atoms with Gasteiger partial charge in [0.25, 0.3) is 0 Å². The summed E-state index contributed by atoms with van der Waals surface area (Å²) in [7, 11) is 0. The number of benzene rings is 3. The normalized spacial score (nSPS) is 14.7. The van der Waals surface area contributed by atoms with Crippen LogP contribution in [0.3, 0.4) is 0 Å². The van der Waals surface area contributed by atoms with Gasteiger partial charge in [0.2, 0.25) is 0 Å². The summed E-state index contributed by atoms with van der Waals surface area (Å²) in [6.07, 6.45) is 0. The Morgan fingerprint density at radius 1 is 0.741 bits per heavy atom. The molecule has 132 valence electrons. The molecule has 1 aliphatic heterocycles. The maximum atomic E-state index is 4.78. The van der Waals surface area contributed by atoms with Crippen LogP contribution in [0.1, 0.15) is 30.7 Å². The first-order chi connectivity index (χ1) is 13.1. The second kappa shape index (κ2) is 5.68. The maximum Gasteiger partial charge on any atom is 0.0709 e. The number of aryl methyl sites for hydroxylation is 1. The predicted octanol–water partition coefficient (Wildman–Crippen LogP) is 6.65. The van der Waals surface area contributed by atoms with Gasteiger partial charge in [-0.15, -0.1) is 0 Å². The lowest BCUT2D eigenvalue weighted by Gasteiger charge is -2.42. The number of rotatable bonds is 1. The van der Waals surface area contributed by atoms with E-state index >= 15 is 0 Å². The molecule has 0 aliphatic carbocycles. The molecule has 4 aromatic rings. The van der Waals surface area contributed by atoms with Crippen LogP contribution in [0.4, 0.5) is 17.1 Å². The molecule has 0 spiro atoms. The SMILES string of the molecule is Cc1ccc2c3c(ccc2n1)N(c1ccccc1)c1ccccc1C3(C)C. The molecule has 0 fully saturated rings. The van der Waals surface area contributed by atoms with Gasteiger partial charge in [0.15, 0.2) is 0 Å². The van der Waals surface area contributed by atoms with Gasteiger partial charge in [-0.25, -0.2) is 0 Å². The van der Waals surface area contributed by atoms with Gasteiger partial charge in [0, 0.05) is 22.2 Å². The van der Waals surface area contributed by atoms with Crippen LogP contribution in [0.2, 0.25) is 0 Å². The van der Waals surface area contributed by atoms with Crippen molar-refractivity contribution < 1.29 is 0 Å². The number of hydrogen-bond donors (Lipinski definition) is 0. The topological polar surface area (TPSA) is 16.1 Å². The Morgan fingerprint density at radius 3 is 2.30 bits per heavy atom. The fraction of sp³-hybridized carbons (Fsp3) is 0.160. The molecular weight excluding hydrogens is 328 g/mol. The standard InChI is InChI=1S/C25H22N2/c1-17-13-14-19-21(26-17)15-16-23-24(19)25(2,3)20-11-7-8-12-22(20)27(23)18-9-5-4-6-10-18/h4-16H,1-3H3. The zero-order valence-corrected chi connectivity index (χ0v) is 15.9. The van der Waals surface area contributed by atoms with E-state index in [-0.39, 0.29) is 5.41 Å². The van der Waals surface area contributed by atoms with E-state index < -0.39 is 0 Å². The summed E-state index contributed by atoms with van der Waals surface area (Å²) in [5, 5.41) is 1.23. The quantitative estimate of drug-likeness (QED) is 0.382. The van der Waals surface area contributed by atoms with Crippen molar-refractivity contribution in [3.05, 3.63) is 95.7 Å². The van der Waals surface area contributed by atoms with E-state index in [0.717, 1.165) is 11.2 Å². The predicted molar refractivity (Wildman–Crippen MR) is 113 cm³/mol. The fourth-order valence-corrected chi connectivity index (χ4v) is 4.45. The second-order valence-electron chi connectivity index (χ2n) is 7.79. The lowest BCUT2D eigenvalue weighted by atomic mass is 9.72. The van der Waals surface area contributed by atoms with Crippen LogP contribution in [0, 0.1) is 6.92 Å². The van der Waals surface area contributed by atoms with E-state index in [0.29, 0.717) is 0 Å². The first-order valence-electron chi connectivity index (χ1n) is 9.43. The first kappa shape index (κ1) is 16.1. The van der Waals surface area contributed by atoms with Crippen LogP contribution in [0.15, 0.2) is 78.9 Å². The summed E-state index contributed by atoms with van der Waals surface area (Å²) in [6.45, 7) is 6.70. The number of para-hydroxylation sites is 2. The number of nitrogens with zero attached hydrogens (tertiary/aromatic N) is 2.